The molecule has 0 aromatic heterocycles. The van der Waals surface area contributed by atoms with Crippen molar-refractivity contribution < 1.29 is 27.4 Å². The van der Waals surface area contributed by atoms with Crippen LogP contribution in [0.4, 0.5) is 29.3 Å². The van der Waals surface area contributed by atoms with Gasteiger partial charge in [0.15, 0.2) is 0 Å². The van der Waals surface area contributed by atoms with Gasteiger partial charge < -0.3 is 20.1 Å². The summed E-state index contributed by atoms with van der Waals surface area (Å²) in [5, 5.41) is 5.10. The van der Waals surface area contributed by atoms with Crippen molar-refractivity contribution in [3.05, 3.63) is 48.5 Å². The zero-order valence-electron chi connectivity index (χ0n) is 12.7. The molecule has 2 aromatic rings. The summed E-state index contributed by atoms with van der Waals surface area (Å²) in [5.41, 5.74) is 0.876. The maximum atomic E-state index is 12.1. The molecule has 0 bridgehead atoms. The number of anilines is 2. The molecule has 2 aromatic carbocycles. The van der Waals surface area contributed by atoms with Crippen LogP contribution in [-0.4, -0.2) is 19.0 Å². The highest BCUT2D eigenvalue weighted by Gasteiger charge is 2.30. The lowest BCUT2D eigenvalue weighted by atomic mass is 10.3. The number of carbonyl (C=O) groups excluding carboxylic acids is 1. The van der Waals surface area contributed by atoms with Gasteiger partial charge in [-0.2, -0.15) is 0 Å². The largest absolute Gasteiger partial charge is 0.573 e. The van der Waals surface area contributed by atoms with E-state index >= 15 is 0 Å². The average Bonchev–Trinajstić information content (AvgIpc) is 2.50. The van der Waals surface area contributed by atoms with E-state index in [1.165, 1.54) is 12.1 Å². The lowest BCUT2D eigenvalue weighted by Gasteiger charge is -2.11. The van der Waals surface area contributed by atoms with Crippen molar-refractivity contribution in [1.82, 2.24) is 0 Å². The van der Waals surface area contributed by atoms with Gasteiger partial charge in [0.2, 0.25) is 0 Å². The molecular weight excluding hydrogens is 325 g/mol. The lowest BCUT2D eigenvalue weighted by Crippen LogP contribution is -2.19. The zero-order chi connectivity index (χ0) is 17.6. The normalized spacial score (nSPS) is 10.8. The molecule has 128 valence electrons. The lowest BCUT2D eigenvalue weighted by molar-refractivity contribution is -0.274. The molecule has 0 saturated heterocycles. The van der Waals surface area contributed by atoms with Crippen molar-refractivity contribution in [2.24, 2.45) is 0 Å². The van der Waals surface area contributed by atoms with Crippen LogP contribution in [0.3, 0.4) is 0 Å². The summed E-state index contributed by atoms with van der Waals surface area (Å²) < 4.78 is 45.2. The Hall–Kier alpha value is -2.90. The Morgan fingerprint density at radius 1 is 0.917 bits per heavy atom. The fourth-order valence-corrected chi connectivity index (χ4v) is 1.83. The van der Waals surface area contributed by atoms with E-state index in [1.807, 2.05) is 6.92 Å². The second-order valence-electron chi connectivity index (χ2n) is 4.61. The van der Waals surface area contributed by atoms with E-state index in [0.717, 1.165) is 12.1 Å². The van der Waals surface area contributed by atoms with Crippen LogP contribution in [0.5, 0.6) is 11.5 Å². The van der Waals surface area contributed by atoms with Crippen LogP contribution >= 0.6 is 0 Å². The highest BCUT2D eigenvalue weighted by molar-refractivity contribution is 5.99. The van der Waals surface area contributed by atoms with Crippen molar-refractivity contribution in [2.75, 3.05) is 17.2 Å². The fraction of sp³-hybridized carbons (Fsp3) is 0.188. The molecule has 0 saturated carbocycles. The fourth-order valence-electron chi connectivity index (χ4n) is 1.83. The van der Waals surface area contributed by atoms with Gasteiger partial charge in [0, 0.05) is 11.4 Å². The van der Waals surface area contributed by atoms with Crippen molar-refractivity contribution in [2.45, 2.75) is 13.3 Å². The highest BCUT2D eigenvalue weighted by Crippen LogP contribution is 2.24. The number of nitrogens with one attached hydrogen (secondary N) is 2. The number of urea groups is 1. The SMILES string of the molecule is CCOc1ccc(NC(=O)Nc2ccc(OC(F)(F)F)cc2)cc1. The smallest absolute Gasteiger partial charge is 0.494 e. The summed E-state index contributed by atoms with van der Waals surface area (Å²) in [5.74, 6) is 0.323. The van der Waals surface area contributed by atoms with Gasteiger partial charge in [-0.3, -0.25) is 0 Å². The molecule has 0 fully saturated rings. The van der Waals surface area contributed by atoms with Crippen molar-refractivity contribution in [1.29, 1.82) is 0 Å². The predicted molar refractivity (Wildman–Crippen MR) is 83.4 cm³/mol. The number of halogens is 3. The number of benzene rings is 2. The van der Waals surface area contributed by atoms with Gasteiger partial charge in [-0.15, -0.1) is 13.2 Å². The van der Waals surface area contributed by atoms with Crippen molar-refractivity contribution in [3.8, 4) is 11.5 Å². The van der Waals surface area contributed by atoms with Crippen LogP contribution in [0.15, 0.2) is 48.5 Å². The molecule has 0 aliphatic carbocycles. The first-order valence-corrected chi connectivity index (χ1v) is 7.02. The Balaban J connectivity index is 1.89. The first-order valence-electron chi connectivity index (χ1n) is 7.02. The third-order valence-corrected chi connectivity index (χ3v) is 2.77. The molecule has 0 unspecified atom stereocenters. The summed E-state index contributed by atoms with van der Waals surface area (Å²) in [4.78, 5) is 11.8. The number of amides is 2. The highest BCUT2D eigenvalue weighted by atomic mass is 19.4. The molecular formula is C16H15F3N2O3. The zero-order valence-corrected chi connectivity index (χ0v) is 12.7. The minimum absolute atomic E-state index is 0.327. The van der Waals surface area contributed by atoms with E-state index in [1.54, 1.807) is 24.3 Å². The maximum absolute atomic E-state index is 12.1. The predicted octanol–water partition coefficient (Wildman–Crippen LogP) is 4.63. The number of rotatable bonds is 5. The Bertz CT molecular complexity index is 670. The van der Waals surface area contributed by atoms with E-state index in [0.29, 0.717) is 23.7 Å². The van der Waals surface area contributed by atoms with Gasteiger partial charge in [0.05, 0.1) is 6.61 Å². The average molecular weight is 340 g/mol. The number of carbonyl (C=O) groups is 1. The molecule has 2 N–H and O–H groups in total. The van der Waals surface area contributed by atoms with Crippen LogP contribution in [-0.2, 0) is 0 Å². The van der Waals surface area contributed by atoms with Gasteiger partial charge >= 0.3 is 12.4 Å². The second-order valence-corrected chi connectivity index (χ2v) is 4.61. The quantitative estimate of drug-likeness (QED) is 0.834. The standard InChI is InChI=1S/C16H15F3N2O3/c1-2-23-13-7-3-11(4-8-13)20-15(22)21-12-5-9-14(10-6-12)24-16(17,18)19/h3-10H,2H2,1H3,(H2,20,21,22). The summed E-state index contributed by atoms with van der Waals surface area (Å²) in [7, 11) is 0. The number of alkyl halides is 3. The third-order valence-electron chi connectivity index (χ3n) is 2.77. The second kappa shape index (κ2) is 7.58. The summed E-state index contributed by atoms with van der Waals surface area (Å²) >= 11 is 0. The van der Waals surface area contributed by atoms with E-state index in [2.05, 4.69) is 15.4 Å². The van der Waals surface area contributed by atoms with Crippen LogP contribution in [0, 0.1) is 0 Å². The summed E-state index contributed by atoms with van der Waals surface area (Å²) in [6.07, 6.45) is -4.75. The first-order chi connectivity index (χ1) is 11.4. The monoisotopic (exact) mass is 340 g/mol. The van der Waals surface area contributed by atoms with Crippen LogP contribution in [0.2, 0.25) is 0 Å². The molecule has 0 atom stereocenters. The maximum Gasteiger partial charge on any atom is 0.573 e. The van der Waals surface area contributed by atoms with Crippen LogP contribution < -0.4 is 20.1 Å². The summed E-state index contributed by atoms with van der Waals surface area (Å²) in [6, 6.07) is 11.1. The van der Waals surface area contributed by atoms with Gasteiger partial charge in [-0.05, 0) is 55.5 Å². The van der Waals surface area contributed by atoms with Gasteiger partial charge in [-0.1, -0.05) is 0 Å². The molecule has 2 rings (SSSR count). The Kier molecular flexibility index (Phi) is 5.51. The molecule has 8 heteroatoms. The molecule has 2 amide bonds. The minimum atomic E-state index is -4.75. The number of hydrogen-bond donors (Lipinski definition) is 2. The van der Waals surface area contributed by atoms with E-state index in [9.17, 15) is 18.0 Å². The van der Waals surface area contributed by atoms with E-state index in [-0.39, 0.29) is 5.75 Å². The van der Waals surface area contributed by atoms with Crippen molar-refractivity contribution >= 4 is 17.4 Å². The van der Waals surface area contributed by atoms with Crippen molar-refractivity contribution in [3.63, 3.8) is 0 Å². The molecule has 0 aliphatic rings. The van der Waals surface area contributed by atoms with E-state index in [4.69, 9.17) is 4.74 Å². The van der Waals surface area contributed by atoms with Gasteiger partial charge in [-0.25, -0.2) is 4.79 Å². The van der Waals surface area contributed by atoms with E-state index < -0.39 is 12.4 Å². The molecule has 0 aliphatic heterocycles. The minimum Gasteiger partial charge on any atom is -0.494 e. The molecule has 0 radical (unpaired) electrons. The van der Waals surface area contributed by atoms with Gasteiger partial charge in [0.25, 0.3) is 0 Å². The Morgan fingerprint density at radius 3 is 1.79 bits per heavy atom. The molecule has 24 heavy (non-hydrogen) atoms. The van der Waals surface area contributed by atoms with Gasteiger partial charge in [0.1, 0.15) is 11.5 Å². The number of ether oxygens (including phenoxy) is 2. The molecule has 0 spiro atoms. The first kappa shape index (κ1) is 17.5. The summed E-state index contributed by atoms with van der Waals surface area (Å²) in [6.45, 7) is 2.41. The molecule has 0 heterocycles. The van der Waals surface area contributed by atoms with Crippen LogP contribution in [0.25, 0.3) is 0 Å². The Labute approximate surface area is 136 Å². The molecule has 5 nitrogen and oxygen atoms in total. The number of hydrogen-bond acceptors (Lipinski definition) is 3. The third kappa shape index (κ3) is 5.71. The van der Waals surface area contributed by atoms with Crippen LogP contribution in [0.1, 0.15) is 6.92 Å². The Morgan fingerprint density at radius 2 is 1.38 bits per heavy atom. The topological polar surface area (TPSA) is 59.6 Å².